The SMILES string of the molecule is CC(C)(C)OC(=O)N1CCC2=C(CBr)N=NC2C1. The highest BCUT2D eigenvalue weighted by Gasteiger charge is 2.33. The number of carbonyl (C=O) groups excluding carboxylic acids is 1. The Morgan fingerprint density at radius 3 is 2.89 bits per heavy atom. The zero-order valence-corrected chi connectivity index (χ0v) is 12.5. The van der Waals surface area contributed by atoms with Gasteiger partial charge in [0.15, 0.2) is 0 Å². The van der Waals surface area contributed by atoms with E-state index in [1.54, 1.807) is 4.90 Å². The quantitative estimate of drug-likeness (QED) is 0.698. The Bertz CT molecular complexity index is 412. The third-order valence-electron chi connectivity index (χ3n) is 2.91. The minimum absolute atomic E-state index is 0.0267. The number of alkyl halides is 1. The molecule has 0 saturated carbocycles. The Morgan fingerprint density at radius 2 is 2.28 bits per heavy atom. The van der Waals surface area contributed by atoms with E-state index in [2.05, 4.69) is 26.2 Å². The number of likely N-dealkylation sites (tertiary alicyclic amines) is 1. The number of carbonyl (C=O) groups is 1. The van der Waals surface area contributed by atoms with Crippen LogP contribution in [0.3, 0.4) is 0 Å². The number of piperidine rings is 1. The third-order valence-corrected chi connectivity index (χ3v) is 3.44. The topological polar surface area (TPSA) is 54.3 Å². The molecule has 2 aliphatic rings. The van der Waals surface area contributed by atoms with Gasteiger partial charge in [-0.15, -0.1) is 0 Å². The van der Waals surface area contributed by atoms with Gasteiger partial charge in [0.1, 0.15) is 11.6 Å². The molecule has 5 nitrogen and oxygen atoms in total. The molecule has 0 radical (unpaired) electrons. The molecule has 0 aliphatic carbocycles. The van der Waals surface area contributed by atoms with Crippen LogP contribution in [0.15, 0.2) is 21.5 Å². The number of nitrogens with zero attached hydrogens (tertiary/aromatic N) is 3. The summed E-state index contributed by atoms with van der Waals surface area (Å²) < 4.78 is 5.37. The molecular formula is C12H18BrN3O2. The highest BCUT2D eigenvalue weighted by molar-refractivity contribution is 9.09. The van der Waals surface area contributed by atoms with Crippen molar-refractivity contribution in [2.75, 3.05) is 18.4 Å². The van der Waals surface area contributed by atoms with E-state index < -0.39 is 5.60 Å². The van der Waals surface area contributed by atoms with Gasteiger partial charge in [-0.25, -0.2) is 4.79 Å². The molecule has 1 amide bonds. The van der Waals surface area contributed by atoms with Crippen LogP contribution in [0.25, 0.3) is 0 Å². The van der Waals surface area contributed by atoms with Crippen LogP contribution in [0.4, 0.5) is 4.79 Å². The maximum atomic E-state index is 12.0. The average molecular weight is 316 g/mol. The predicted molar refractivity (Wildman–Crippen MR) is 71.9 cm³/mol. The van der Waals surface area contributed by atoms with Crippen molar-refractivity contribution in [2.24, 2.45) is 10.2 Å². The molecule has 0 spiro atoms. The molecule has 0 N–H and O–H groups in total. The Kier molecular flexibility index (Phi) is 3.75. The maximum absolute atomic E-state index is 12.0. The van der Waals surface area contributed by atoms with Crippen LogP contribution in [0.1, 0.15) is 27.2 Å². The zero-order chi connectivity index (χ0) is 13.3. The summed E-state index contributed by atoms with van der Waals surface area (Å²) in [5.74, 6) is 0. The molecule has 2 heterocycles. The number of amides is 1. The molecule has 18 heavy (non-hydrogen) atoms. The van der Waals surface area contributed by atoms with Gasteiger partial charge in [-0.3, -0.25) is 0 Å². The Labute approximate surface area is 115 Å². The van der Waals surface area contributed by atoms with Crippen molar-refractivity contribution in [3.05, 3.63) is 11.3 Å². The van der Waals surface area contributed by atoms with E-state index >= 15 is 0 Å². The molecule has 6 heteroatoms. The van der Waals surface area contributed by atoms with E-state index in [1.165, 1.54) is 5.57 Å². The van der Waals surface area contributed by atoms with Gasteiger partial charge in [0.25, 0.3) is 0 Å². The van der Waals surface area contributed by atoms with Crippen molar-refractivity contribution < 1.29 is 9.53 Å². The first kappa shape index (κ1) is 13.5. The fraction of sp³-hybridized carbons (Fsp3) is 0.750. The second-order valence-electron chi connectivity index (χ2n) is 5.51. The number of allylic oxidation sites excluding steroid dienone is 1. The Hall–Kier alpha value is -0.910. The van der Waals surface area contributed by atoms with Crippen LogP contribution < -0.4 is 0 Å². The fourth-order valence-electron chi connectivity index (χ4n) is 2.08. The van der Waals surface area contributed by atoms with Gasteiger partial charge < -0.3 is 9.64 Å². The molecule has 1 atom stereocenters. The molecule has 0 aromatic carbocycles. The van der Waals surface area contributed by atoms with Crippen molar-refractivity contribution in [1.29, 1.82) is 0 Å². The number of rotatable bonds is 1. The van der Waals surface area contributed by atoms with Crippen LogP contribution in [0.2, 0.25) is 0 Å². The first-order chi connectivity index (χ1) is 8.40. The summed E-state index contributed by atoms with van der Waals surface area (Å²) in [5.41, 5.74) is 1.82. The van der Waals surface area contributed by atoms with E-state index in [1.807, 2.05) is 20.8 Å². The molecule has 1 fully saturated rings. The summed E-state index contributed by atoms with van der Waals surface area (Å²) in [7, 11) is 0. The summed E-state index contributed by atoms with van der Waals surface area (Å²) in [6.45, 7) is 6.88. The Morgan fingerprint density at radius 1 is 1.56 bits per heavy atom. The average Bonchev–Trinajstić information content (AvgIpc) is 2.68. The minimum Gasteiger partial charge on any atom is -0.444 e. The number of hydrogen-bond donors (Lipinski definition) is 0. The fourth-order valence-corrected chi connectivity index (χ4v) is 2.56. The summed E-state index contributed by atoms with van der Waals surface area (Å²) >= 11 is 3.41. The number of fused-ring (bicyclic) bond motifs is 1. The van der Waals surface area contributed by atoms with Crippen LogP contribution in [0, 0.1) is 0 Å². The lowest BCUT2D eigenvalue weighted by Gasteiger charge is -2.32. The molecule has 0 bridgehead atoms. The standard InChI is InChI=1S/C12H18BrN3O2/c1-12(2,3)18-11(17)16-5-4-8-9(6-13)14-15-10(8)7-16/h10H,4-7H2,1-3H3. The van der Waals surface area contributed by atoms with E-state index in [9.17, 15) is 4.79 Å². The van der Waals surface area contributed by atoms with Crippen LogP contribution >= 0.6 is 15.9 Å². The normalized spacial score (nSPS) is 23.3. The van der Waals surface area contributed by atoms with Crippen molar-refractivity contribution in [3.63, 3.8) is 0 Å². The van der Waals surface area contributed by atoms with E-state index in [-0.39, 0.29) is 12.1 Å². The van der Waals surface area contributed by atoms with Gasteiger partial charge in [0.05, 0.1) is 12.2 Å². The third kappa shape index (κ3) is 2.91. The molecule has 100 valence electrons. The van der Waals surface area contributed by atoms with Gasteiger partial charge in [-0.05, 0) is 32.8 Å². The van der Waals surface area contributed by atoms with E-state index in [4.69, 9.17) is 4.74 Å². The molecule has 0 aromatic rings. The van der Waals surface area contributed by atoms with Crippen LogP contribution in [-0.2, 0) is 4.74 Å². The summed E-state index contributed by atoms with van der Waals surface area (Å²) in [6, 6.07) is 0.0267. The first-order valence-corrected chi connectivity index (χ1v) is 7.19. The van der Waals surface area contributed by atoms with Crippen molar-refractivity contribution in [1.82, 2.24) is 4.90 Å². The van der Waals surface area contributed by atoms with Gasteiger partial charge in [-0.2, -0.15) is 10.2 Å². The lowest BCUT2D eigenvalue weighted by atomic mass is 9.99. The molecular weight excluding hydrogens is 298 g/mol. The van der Waals surface area contributed by atoms with Crippen molar-refractivity contribution in [2.45, 2.75) is 38.8 Å². The van der Waals surface area contributed by atoms with Crippen molar-refractivity contribution in [3.8, 4) is 0 Å². The number of azo groups is 1. The highest BCUT2D eigenvalue weighted by Crippen LogP contribution is 2.30. The van der Waals surface area contributed by atoms with Crippen LogP contribution in [-0.4, -0.2) is 41.1 Å². The summed E-state index contributed by atoms with van der Waals surface area (Å²) in [4.78, 5) is 13.7. The summed E-state index contributed by atoms with van der Waals surface area (Å²) in [5, 5.41) is 9.09. The number of hydrogen-bond acceptors (Lipinski definition) is 4. The predicted octanol–water partition coefficient (Wildman–Crippen LogP) is 3.11. The first-order valence-electron chi connectivity index (χ1n) is 6.07. The molecule has 1 unspecified atom stereocenters. The van der Waals surface area contributed by atoms with E-state index in [0.717, 1.165) is 17.4 Å². The monoisotopic (exact) mass is 315 g/mol. The largest absolute Gasteiger partial charge is 0.444 e. The number of halogens is 1. The second kappa shape index (κ2) is 4.99. The minimum atomic E-state index is -0.453. The molecule has 2 aliphatic heterocycles. The number of ether oxygens (including phenoxy) is 1. The smallest absolute Gasteiger partial charge is 0.410 e. The van der Waals surface area contributed by atoms with Crippen molar-refractivity contribution >= 4 is 22.0 Å². The Balaban J connectivity index is 1.99. The van der Waals surface area contributed by atoms with Gasteiger partial charge in [0.2, 0.25) is 0 Å². The van der Waals surface area contributed by atoms with E-state index in [0.29, 0.717) is 13.1 Å². The zero-order valence-electron chi connectivity index (χ0n) is 10.9. The molecule has 0 aromatic heterocycles. The lowest BCUT2D eigenvalue weighted by Crippen LogP contribution is -2.44. The maximum Gasteiger partial charge on any atom is 0.410 e. The lowest BCUT2D eigenvalue weighted by molar-refractivity contribution is 0.0226. The second-order valence-corrected chi connectivity index (χ2v) is 6.07. The molecule has 2 rings (SSSR count). The highest BCUT2D eigenvalue weighted by atomic mass is 79.9. The van der Waals surface area contributed by atoms with Gasteiger partial charge >= 0.3 is 6.09 Å². The molecule has 1 saturated heterocycles. The van der Waals surface area contributed by atoms with Gasteiger partial charge in [0, 0.05) is 11.9 Å². The van der Waals surface area contributed by atoms with Gasteiger partial charge in [-0.1, -0.05) is 15.9 Å². The van der Waals surface area contributed by atoms with Crippen LogP contribution in [0.5, 0.6) is 0 Å². The summed E-state index contributed by atoms with van der Waals surface area (Å²) in [6.07, 6.45) is 0.571.